The Labute approximate surface area is 179 Å². The largest absolute Gasteiger partial charge is 0.481 e. The SMILES string of the molecule is CC(C)C(N)C(=O)NC(CCC(=O)O)C(=O)NC(C(=O)NC(CS)C(=O)O)C(C)O. The third-order valence-electron chi connectivity index (χ3n) is 4.16. The standard InChI is InChI=1S/C17H30N4O8S/c1-7(2)12(18)15(26)19-9(4-5-11(23)24)14(25)21-13(8(3)22)16(27)20-10(6-30)17(28)29/h7-10,12-13,22,30H,4-6,18H2,1-3H3,(H,19,26)(H,20,27)(H,21,25)(H,23,24)(H,28,29). The molecular formula is C17H30N4O8S. The molecule has 0 rings (SSSR count). The first-order chi connectivity index (χ1) is 13.8. The van der Waals surface area contributed by atoms with Crippen LogP contribution in [0.15, 0.2) is 0 Å². The maximum Gasteiger partial charge on any atom is 0.327 e. The highest BCUT2D eigenvalue weighted by Gasteiger charge is 2.32. The summed E-state index contributed by atoms with van der Waals surface area (Å²) < 4.78 is 0. The minimum atomic E-state index is -1.55. The molecule has 0 aromatic rings. The number of aliphatic carboxylic acids is 2. The van der Waals surface area contributed by atoms with Crippen molar-refractivity contribution in [1.82, 2.24) is 16.0 Å². The van der Waals surface area contributed by atoms with E-state index in [0.29, 0.717) is 0 Å². The number of carboxylic acid groups (broad SMARTS) is 2. The summed E-state index contributed by atoms with van der Waals surface area (Å²) in [6.07, 6.45) is -2.17. The highest BCUT2D eigenvalue weighted by Crippen LogP contribution is 2.05. The van der Waals surface area contributed by atoms with Crippen LogP contribution in [0.5, 0.6) is 0 Å². The molecule has 3 amide bonds. The van der Waals surface area contributed by atoms with E-state index in [1.807, 2.05) is 0 Å². The van der Waals surface area contributed by atoms with Crippen LogP contribution < -0.4 is 21.7 Å². The fourth-order valence-electron chi connectivity index (χ4n) is 2.21. The van der Waals surface area contributed by atoms with E-state index in [1.54, 1.807) is 13.8 Å². The van der Waals surface area contributed by atoms with Gasteiger partial charge in [-0.1, -0.05) is 13.8 Å². The van der Waals surface area contributed by atoms with E-state index in [2.05, 4.69) is 28.6 Å². The predicted octanol–water partition coefficient (Wildman–Crippen LogP) is -2.32. The first-order valence-corrected chi connectivity index (χ1v) is 9.85. The zero-order valence-electron chi connectivity index (χ0n) is 17.0. The highest BCUT2D eigenvalue weighted by atomic mass is 32.1. The van der Waals surface area contributed by atoms with Crippen molar-refractivity contribution < 1.29 is 39.3 Å². The van der Waals surface area contributed by atoms with Gasteiger partial charge in [-0.15, -0.1) is 0 Å². The summed E-state index contributed by atoms with van der Waals surface area (Å²) in [4.78, 5) is 59.0. The number of nitrogens with one attached hydrogen (secondary N) is 3. The molecule has 0 spiro atoms. The van der Waals surface area contributed by atoms with Crippen molar-refractivity contribution in [3.8, 4) is 0 Å². The molecule has 30 heavy (non-hydrogen) atoms. The molecule has 5 atom stereocenters. The Morgan fingerprint density at radius 1 is 0.900 bits per heavy atom. The van der Waals surface area contributed by atoms with Crippen LogP contribution in [0.1, 0.15) is 33.6 Å². The number of carboxylic acids is 2. The number of aliphatic hydroxyl groups is 1. The molecule has 5 unspecified atom stereocenters. The number of hydrogen-bond acceptors (Lipinski definition) is 8. The summed E-state index contributed by atoms with van der Waals surface area (Å²) in [5, 5.41) is 34.4. The number of aliphatic hydroxyl groups excluding tert-OH is 1. The lowest BCUT2D eigenvalue weighted by atomic mass is 10.0. The Morgan fingerprint density at radius 2 is 1.43 bits per heavy atom. The number of rotatable bonds is 13. The Kier molecular flexibility index (Phi) is 12.0. The van der Waals surface area contributed by atoms with Crippen molar-refractivity contribution in [3.63, 3.8) is 0 Å². The Bertz CT molecular complexity index is 643. The van der Waals surface area contributed by atoms with Gasteiger partial charge in [0, 0.05) is 12.2 Å². The summed E-state index contributed by atoms with van der Waals surface area (Å²) >= 11 is 3.81. The van der Waals surface area contributed by atoms with Gasteiger partial charge in [0.1, 0.15) is 18.1 Å². The summed E-state index contributed by atoms with van der Waals surface area (Å²) in [5.41, 5.74) is 5.73. The Balaban J connectivity index is 5.41. The second-order valence-electron chi connectivity index (χ2n) is 7.07. The van der Waals surface area contributed by atoms with Gasteiger partial charge in [0.15, 0.2) is 0 Å². The lowest BCUT2D eigenvalue weighted by Gasteiger charge is -2.26. The molecule has 0 aliphatic carbocycles. The van der Waals surface area contributed by atoms with Crippen molar-refractivity contribution in [2.75, 3.05) is 5.75 Å². The van der Waals surface area contributed by atoms with Crippen LogP contribution in [-0.4, -0.2) is 81.0 Å². The number of carbonyl (C=O) groups is 5. The first-order valence-electron chi connectivity index (χ1n) is 9.22. The topological polar surface area (TPSA) is 208 Å². The molecule has 0 radical (unpaired) electrons. The van der Waals surface area contributed by atoms with Crippen LogP contribution in [0.3, 0.4) is 0 Å². The second-order valence-corrected chi connectivity index (χ2v) is 7.44. The third kappa shape index (κ3) is 9.41. The molecule has 13 heteroatoms. The molecule has 0 saturated heterocycles. The molecule has 0 aliphatic heterocycles. The lowest BCUT2D eigenvalue weighted by Crippen LogP contribution is -2.60. The molecule has 172 valence electrons. The maximum atomic E-state index is 12.6. The molecule has 0 aromatic carbocycles. The molecule has 0 fully saturated rings. The van der Waals surface area contributed by atoms with E-state index in [0.717, 1.165) is 0 Å². The van der Waals surface area contributed by atoms with Crippen molar-refractivity contribution in [1.29, 1.82) is 0 Å². The molecule has 0 heterocycles. The van der Waals surface area contributed by atoms with Crippen LogP contribution in [0.25, 0.3) is 0 Å². The average molecular weight is 451 g/mol. The number of nitrogens with two attached hydrogens (primary N) is 1. The quantitative estimate of drug-likeness (QED) is 0.141. The Hall–Kier alpha value is -2.38. The number of amides is 3. The van der Waals surface area contributed by atoms with Crippen LogP contribution in [0.4, 0.5) is 0 Å². The molecule has 8 N–H and O–H groups in total. The highest BCUT2D eigenvalue weighted by molar-refractivity contribution is 7.80. The summed E-state index contributed by atoms with van der Waals surface area (Å²) in [7, 11) is 0. The van der Waals surface area contributed by atoms with Crippen LogP contribution >= 0.6 is 12.6 Å². The number of thiol groups is 1. The number of hydrogen-bond donors (Lipinski definition) is 8. The van der Waals surface area contributed by atoms with Crippen molar-refractivity contribution >= 4 is 42.3 Å². The molecule has 0 saturated carbocycles. The van der Waals surface area contributed by atoms with Gasteiger partial charge in [0.2, 0.25) is 17.7 Å². The summed E-state index contributed by atoms with van der Waals surface area (Å²) in [6.45, 7) is 4.57. The maximum absolute atomic E-state index is 12.6. The van der Waals surface area contributed by atoms with Crippen molar-refractivity contribution in [2.24, 2.45) is 11.7 Å². The zero-order chi connectivity index (χ0) is 23.6. The van der Waals surface area contributed by atoms with Gasteiger partial charge in [-0.25, -0.2) is 4.79 Å². The summed E-state index contributed by atoms with van der Waals surface area (Å²) in [5.74, 6) is -5.65. The normalized spacial score (nSPS) is 16.0. The van der Waals surface area contributed by atoms with Gasteiger partial charge in [0.25, 0.3) is 0 Å². The summed E-state index contributed by atoms with van der Waals surface area (Å²) in [6, 6.07) is -5.20. The van der Waals surface area contributed by atoms with Crippen molar-refractivity contribution in [3.05, 3.63) is 0 Å². The molecular weight excluding hydrogens is 420 g/mol. The minimum absolute atomic E-state index is 0.230. The zero-order valence-corrected chi connectivity index (χ0v) is 17.9. The fraction of sp³-hybridized carbons (Fsp3) is 0.706. The van der Waals surface area contributed by atoms with E-state index in [4.69, 9.17) is 15.9 Å². The van der Waals surface area contributed by atoms with E-state index in [1.165, 1.54) is 6.92 Å². The van der Waals surface area contributed by atoms with E-state index in [9.17, 15) is 29.1 Å². The van der Waals surface area contributed by atoms with Gasteiger partial charge in [-0.05, 0) is 19.3 Å². The van der Waals surface area contributed by atoms with Crippen LogP contribution in [0, 0.1) is 5.92 Å². The second kappa shape index (κ2) is 13.0. The number of carbonyl (C=O) groups excluding carboxylic acids is 3. The fourth-order valence-corrected chi connectivity index (χ4v) is 2.46. The minimum Gasteiger partial charge on any atom is -0.481 e. The van der Waals surface area contributed by atoms with Gasteiger partial charge in [-0.3, -0.25) is 19.2 Å². The first kappa shape index (κ1) is 27.6. The van der Waals surface area contributed by atoms with Gasteiger partial charge in [-0.2, -0.15) is 12.6 Å². The lowest BCUT2D eigenvalue weighted by molar-refractivity contribution is -0.142. The van der Waals surface area contributed by atoms with E-state index < -0.39 is 66.4 Å². The van der Waals surface area contributed by atoms with Crippen molar-refractivity contribution in [2.45, 2.75) is 63.9 Å². The molecule has 0 bridgehead atoms. The van der Waals surface area contributed by atoms with E-state index >= 15 is 0 Å². The average Bonchev–Trinajstić information content (AvgIpc) is 2.65. The van der Waals surface area contributed by atoms with E-state index in [-0.39, 0.29) is 18.1 Å². The van der Waals surface area contributed by atoms with Crippen LogP contribution in [0.2, 0.25) is 0 Å². The monoisotopic (exact) mass is 450 g/mol. The molecule has 0 aromatic heterocycles. The predicted molar refractivity (Wildman–Crippen MR) is 109 cm³/mol. The molecule has 0 aliphatic rings. The van der Waals surface area contributed by atoms with Gasteiger partial charge < -0.3 is 37.0 Å². The Morgan fingerprint density at radius 3 is 1.83 bits per heavy atom. The smallest absolute Gasteiger partial charge is 0.327 e. The molecule has 12 nitrogen and oxygen atoms in total. The third-order valence-corrected chi connectivity index (χ3v) is 4.53. The van der Waals surface area contributed by atoms with Crippen LogP contribution in [-0.2, 0) is 24.0 Å². The van der Waals surface area contributed by atoms with Gasteiger partial charge >= 0.3 is 11.9 Å². The van der Waals surface area contributed by atoms with Gasteiger partial charge in [0.05, 0.1) is 12.1 Å².